The highest BCUT2D eigenvalue weighted by Gasteiger charge is 2.16. The number of carbonyl (C=O) groups excluding carboxylic acids is 1. The maximum absolute atomic E-state index is 11.7. The number of carbonyl (C=O) groups is 1. The fourth-order valence-corrected chi connectivity index (χ4v) is 2.30. The summed E-state index contributed by atoms with van der Waals surface area (Å²) in [5.41, 5.74) is 1.64. The van der Waals surface area contributed by atoms with E-state index in [2.05, 4.69) is 12.2 Å². The molecule has 1 amide bonds. The van der Waals surface area contributed by atoms with Gasteiger partial charge in [-0.25, -0.2) is 4.79 Å². The summed E-state index contributed by atoms with van der Waals surface area (Å²) in [6, 6.07) is 4.01. The first-order valence-corrected chi connectivity index (χ1v) is 8.01. The van der Waals surface area contributed by atoms with Crippen molar-refractivity contribution in [3.05, 3.63) is 23.3 Å². The van der Waals surface area contributed by atoms with E-state index in [1.807, 2.05) is 32.9 Å². The van der Waals surface area contributed by atoms with Gasteiger partial charge in [-0.3, -0.25) is 0 Å². The van der Waals surface area contributed by atoms with Gasteiger partial charge in [0, 0.05) is 6.54 Å². The van der Waals surface area contributed by atoms with Gasteiger partial charge in [-0.05, 0) is 56.9 Å². The number of aryl methyl sites for hydroxylation is 1. The lowest BCUT2D eigenvalue weighted by Crippen LogP contribution is -2.33. The molecular weight excluding hydrogens is 294 g/mol. The van der Waals surface area contributed by atoms with Gasteiger partial charge in [-0.15, -0.1) is 0 Å². The molecule has 0 aliphatic rings. The maximum Gasteiger partial charge on any atom is 0.407 e. The Morgan fingerprint density at radius 1 is 1.04 bits per heavy atom. The monoisotopic (exact) mass is 323 g/mol. The standard InChI is InChI=1S/C18H29NO4/c1-7-8-13-11-16(22-6)14(12-15(13)21-5)9-10-19-17(20)23-18(2,3)4/h11-12H,7-10H2,1-6H3,(H,19,20). The lowest BCUT2D eigenvalue weighted by atomic mass is 10.0. The molecule has 0 aliphatic heterocycles. The lowest BCUT2D eigenvalue weighted by Gasteiger charge is -2.20. The third kappa shape index (κ3) is 6.38. The van der Waals surface area contributed by atoms with Crippen LogP contribution in [0.1, 0.15) is 45.2 Å². The fourth-order valence-electron chi connectivity index (χ4n) is 2.30. The highest BCUT2D eigenvalue weighted by atomic mass is 16.6. The molecule has 0 saturated carbocycles. The molecule has 1 rings (SSSR count). The van der Waals surface area contributed by atoms with Crippen LogP contribution in [0.4, 0.5) is 4.79 Å². The van der Waals surface area contributed by atoms with Crippen LogP contribution in [-0.4, -0.2) is 32.5 Å². The van der Waals surface area contributed by atoms with Crippen molar-refractivity contribution in [1.29, 1.82) is 0 Å². The summed E-state index contributed by atoms with van der Waals surface area (Å²) >= 11 is 0. The summed E-state index contributed by atoms with van der Waals surface area (Å²) in [6.07, 6.45) is 2.21. The molecular formula is C18H29NO4. The summed E-state index contributed by atoms with van der Waals surface area (Å²) in [7, 11) is 3.33. The van der Waals surface area contributed by atoms with Gasteiger partial charge in [-0.1, -0.05) is 13.3 Å². The highest BCUT2D eigenvalue weighted by Crippen LogP contribution is 2.30. The minimum Gasteiger partial charge on any atom is -0.496 e. The van der Waals surface area contributed by atoms with E-state index in [4.69, 9.17) is 14.2 Å². The van der Waals surface area contributed by atoms with E-state index in [9.17, 15) is 4.79 Å². The zero-order chi connectivity index (χ0) is 17.5. The van der Waals surface area contributed by atoms with E-state index < -0.39 is 11.7 Å². The lowest BCUT2D eigenvalue weighted by molar-refractivity contribution is 0.0528. The molecule has 0 unspecified atom stereocenters. The van der Waals surface area contributed by atoms with E-state index in [1.54, 1.807) is 14.2 Å². The van der Waals surface area contributed by atoms with Crippen LogP contribution in [0.2, 0.25) is 0 Å². The molecule has 0 saturated heterocycles. The van der Waals surface area contributed by atoms with Crippen LogP contribution in [0.3, 0.4) is 0 Å². The summed E-state index contributed by atoms with van der Waals surface area (Å²) in [5, 5.41) is 2.76. The van der Waals surface area contributed by atoms with E-state index in [0.717, 1.165) is 35.5 Å². The first-order valence-electron chi connectivity index (χ1n) is 8.01. The van der Waals surface area contributed by atoms with E-state index >= 15 is 0 Å². The summed E-state index contributed by atoms with van der Waals surface area (Å²) < 4.78 is 16.2. The molecule has 1 aromatic rings. The fraction of sp³-hybridized carbons (Fsp3) is 0.611. The topological polar surface area (TPSA) is 56.8 Å². The molecule has 0 atom stereocenters. The van der Waals surface area contributed by atoms with Crippen molar-refractivity contribution < 1.29 is 19.0 Å². The molecule has 5 nitrogen and oxygen atoms in total. The van der Waals surface area contributed by atoms with Crippen LogP contribution in [0.5, 0.6) is 11.5 Å². The van der Waals surface area contributed by atoms with Gasteiger partial charge >= 0.3 is 6.09 Å². The number of ether oxygens (including phenoxy) is 3. The molecule has 1 aromatic carbocycles. The minimum atomic E-state index is -0.493. The molecule has 0 aromatic heterocycles. The quantitative estimate of drug-likeness (QED) is 0.831. The van der Waals surface area contributed by atoms with Crippen LogP contribution < -0.4 is 14.8 Å². The number of benzene rings is 1. The number of hydrogen-bond acceptors (Lipinski definition) is 4. The zero-order valence-corrected chi connectivity index (χ0v) is 15.1. The Hall–Kier alpha value is -1.91. The molecule has 0 radical (unpaired) electrons. The van der Waals surface area contributed by atoms with Gasteiger partial charge in [0.25, 0.3) is 0 Å². The number of rotatable bonds is 7. The van der Waals surface area contributed by atoms with E-state index in [1.165, 1.54) is 0 Å². The number of hydrogen-bond donors (Lipinski definition) is 1. The summed E-state index contributed by atoms with van der Waals surface area (Å²) in [4.78, 5) is 11.7. The average Bonchev–Trinajstić information content (AvgIpc) is 2.46. The van der Waals surface area contributed by atoms with Crippen LogP contribution >= 0.6 is 0 Å². The zero-order valence-electron chi connectivity index (χ0n) is 15.1. The number of alkyl carbamates (subject to hydrolysis) is 1. The minimum absolute atomic E-state index is 0.411. The van der Waals surface area contributed by atoms with Crippen molar-refractivity contribution in [2.24, 2.45) is 0 Å². The molecule has 0 spiro atoms. The van der Waals surface area contributed by atoms with Crippen molar-refractivity contribution >= 4 is 6.09 Å². The number of methoxy groups -OCH3 is 2. The molecule has 1 N–H and O–H groups in total. The molecule has 0 fully saturated rings. The number of nitrogens with one attached hydrogen (secondary N) is 1. The van der Waals surface area contributed by atoms with Crippen molar-refractivity contribution in [1.82, 2.24) is 5.32 Å². The third-order valence-electron chi connectivity index (χ3n) is 3.27. The van der Waals surface area contributed by atoms with Crippen LogP contribution in [0.25, 0.3) is 0 Å². The van der Waals surface area contributed by atoms with Crippen molar-refractivity contribution in [2.45, 2.75) is 52.6 Å². The largest absolute Gasteiger partial charge is 0.496 e. The maximum atomic E-state index is 11.7. The molecule has 5 heteroatoms. The normalized spacial score (nSPS) is 11.0. The Labute approximate surface area is 139 Å². The smallest absolute Gasteiger partial charge is 0.407 e. The Bertz CT molecular complexity index is 520. The van der Waals surface area contributed by atoms with Crippen LogP contribution in [0.15, 0.2) is 12.1 Å². The molecule has 130 valence electrons. The first kappa shape index (κ1) is 19.1. The molecule has 0 aliphatic carbocycles. The van der Waals surface area contributed by atoms with Gasteiger partial charge in [0.15, 0.2) is 0 Å². The second kappa shape index (κ2) is 8.65. The van der Waals surface area contributed by atoms with E-state index in [-0.39, 0.29) is 0 Å². The van der Waals surface area contributed by atoms with Gasteiger partial charge < -0.3 is 19.5 Å². The van der Waals surface area contributed by atoms with Gasteiger partial charge in [0.2, 0.25) is 0 Å². The second-order valence-electron chi connectivity index (χ2n) is 6.40. The SMILES string of the molecule is CCCc1cc(OC)c(CCNC(=O)OC(C)(C)C)cc1OC. The summed E-state index contributed by atoms with van der Waals surface area (Å²) in [5.74, 6) is 1.68. The summed E-state index contributed by atoms with van der Waals surface area (Å²) in [6.45, 7) is 8.12. The highest BCUT2D eigenvalue weighted by molar-refractivity contribution is 5.67. The Balaban J connectivity index is 2.74. The van der Waals surface area contributed by atoms with E-state index in [0.29, 0.717) is 13.0 Å². The van der Waals surface area contributed by atoms with Crippen LogP contribution in [-0.2, 0) is 17.6 Å². The molecule has 0 heterocycles. The van der Waals surface area contributed by atoms with Gasteiger partial charge in [0.05, 0.1) is 14.2 Å². The van der Waals surface area contributed by atoms with Gasteiger partial charge in [-0.2, -0.15) is 0 Å². The number of amides is 1. The predicted octanol–water partition coefficient (Wildman–Crippen LogP) is 3.72. The van der Waals surface area contributed by atoms with Gasteiger partial charge in [0.1, 0.15) is 17.1 Å². The third-order valence-corrected chi connectivity index (χ3v) is 3.27. The predicted molar refractivity (Wildman–Crippen MR) is 91.5 cm³/mol. The Kier molecular flexibility index (Phi) is 7.20. The Morgan fingerprint density at radius 3 is 2.00 bits per heavy atom. The first-order chi connectivity index (χ1) is 10.8. The Morgan fingerprint density at radius 2 is 1.57 bits per heavy atom. The second-order valence-corrected chi connectivity index (χ2v) is 6.40. The van der Waals surface area contributed by atoms with Crippen molar-refractivity contribution in [3.8, 4) is 11.5 Å². The molecule has 23 heavy (non-hydrogen) atoms. The average molecular weight is 323 g/mol. The molecule has 0 bridgehead atoms. The van der Waals surface area contributed by atoms with Crippen LogP contribution in [0, 0.1) is 0 Å². The van der Waals surface area contributed by atoms with Crippen molar-refractivity contribution in [2.75, 3.05) is 20.8 Å². The van der Waals surface area contributed by atoms with Crippen molar-refractivity contribution in [3.63, 3.8) is 0 Å².